The van der Waals surface area contributed by atoms with Crippen LogP contribution in [0.25, 0.3) is 0 Å². The van der Waals surface area contributed by atoms with Gasteiger partial charge in [-0.1, -0.05) is 13.8 Å². The molecule has 1 aromatic heterocycles. The summed E-state index contributed by atoms with van der Waals surface area (Å²) < 4.78 is 0. The van der Waals surface area contributed by atoms with Gasteiger partial charge >= 0.3 is 0 Å². The maximum Gasteiger partial charge on any atom is 0.0936 e. The molecular weight excluding hydrogens is 228 g/mol. The maximum absolute atomic E-state index is 4.65. The summed E-state index contributed by atoms with van der Waals surface area (Å²) in [5.41, 5.74) is 1.57. The molecular formula is C14H24N2S. The lowest BCUT2D eigenvalue weighted by Gasteiger charge is -2.23. The second kappa shape index (κ2) is 5.07. The van der Waals surface area contributed by atoms with Crippen LogP contribution < -0.4 is 5.32 Å². The molecule has 1 aromatic rings. The average Bonchev–Trinajstić information content (AvgIpc) is 2.95. The van der Waals surface area contributed by atoms with Crippen molar-refractivity contribution in [1.82, 2.24) is 10.3 Å². The molecule has 0 aromatic carbocycles. The van der Waals surface area contributed by atoms with Crippen LogP contribution in [0.1, 0.15) is 48.7 Å². The summed E-state index contributed by atoms with van der Waals surface area (Å²) in [6, 6.07) is 0.829. The first kappa shape index (κ1) is 13.0. The molecule has 0 atom stereocenters. The molecule has 1 heterocycles. The quantitative estimate of drug-likeness (QED) is 0.838. The highest BCUT2D eigenvalue weighted by Crippen LogP contribution is 2.29. The zero-order valence-corrected chi connectivity index (χ0v) is 12.3. The van der Waals surface area contributed by atoms with Gasteiger partial charge in [-0.25, -0.2) is 4.98 Å². The third kappa shape index (κ3) is 4.07. The molecule has 17 heavy (non-hydrogen) atoms. The fourth-order valence-electron chi connectivity index (χ4n) is 2.01. The summed E-state index contributed by atoms with van der Waals surface area (Å²) in [7, 11) is 0. The minimum Gasteiger partial charge on any atom is -0.314 e. The number of aromatic nitrogens is 1. The maximum atomic E-state index is 4.65. The first-order chi connectivity index (χ1) is 7.96. The Hall–Kier alpha value is -0.410. The molecule has 0 spiro atoms. The number of rotatable bonds is 6. The lowest BCUT2D eigenvalue weighted by molar-refractivity contribution is 0.324. The van der Waals surface area contributed by atoms with E-state index < -0.39 is 0 Å². The number of nitrogens with zero attached hydrogens (tertiary/aromatic N) is 1. The SMILES string of the molecule is Cc1nc(CC(C)(C)CCNC2CC2)sc1C. The van der Waals surface area contributed by atoms with Crippen LogP contribution in [0.5, 0.6) is 0 Å². The van der Waals surface area contributed by atoms with Crippen molar-refractivity contribution in [2.45, 2.75) is 59.4 Å². The molecule has 2 rings (SSSR count). The van der Waals surface area contributed by atoms with Gasteiger partial charge in [0.1, 0.15) is 0 Å². The minimum atomic E-state index is 0.360. The second-order valence-electron chi connectivity index (χ2n) is 6.07. The first-order valence-corrected chi connectivity index (χ1v) is 7.44. The van der Waals surface area contributed by atoms with E-state index in [1.54, 1.807) is 0 Å². The number of thiazole rings is 1. The van der Waals surface area contributed by atoms with Gasteiger partial charge in [0.05, 0.1) is 10.7 Å². The Morgan fingerprint density at radius 2 is 2.06 bits per heavy atom. The zero-order chi connectivity index (χ0) is 12.5. The summed E-state index contributed by atoms with van der Waals surface area (Å²) in [6.45, 7) is 10.1. The monoisotopic (exact) mass is 252 g/mol. The molecule has 0 aliphatic heterocycles. The van der Waals surface area contributed by atoms with Crippen molar-refractivity contribution in [2.24, 2.45) is 5.41 Å². The molecule has 0 bridgehead atoms. The smallest absolute Gasteiger partial charge is 0.0936 e. The molecule has 1 N–H and O–H groups in total. The number of aryl methyl sites for hydroxylation is 2. The standard InChI is InChI=1S/C14H24N2S/c1-10-11(2)17-13(16-10)9-14(3,4)7-8-15-12-5-6-12/h12,15H,5-9H2,1-4H3. The van der Waals surface area contributed by atoms with Crippen molar-refractivity contribution in [3.8, 4) is 0 Å². The van der Waals surface area contributed by atoms with Crippen molar-refractivity contribution in [3.63, 3.8) is 0 Å². The predicted octanol–water partition coefficient (Wildman–Crippen LogP) is 3.47. The second-order valence-corrected chi connectivity index (χ2v) is 7.36. The summed E-state index contributed by atoms with van der Waals surface area (Å²) in [5.74, 6) is 0. The van der Waals surface area contributed by atoms with Gasteiger partial charge in [-0.2, -0.15) is 0 Å². The van der Waals surface area contributed by atoms with Gasteiger partial charge in [-0.15, -0.1) is 11.3 Å². The average molecular weight is 252 g/mol. The van der Waals surface area contributed by atoms with Gasteiger partial charge in [-0.3, -0.25) is 0 Å². The Morgan fingerprint density at radius 3 is 2.59 bits per heavy atom. The largest absolute Gasteiger partial charge is 0.314 e. The van der Waals surface area contributed by atoms with E-state index in [0.717, 1.165) is 19.0 Å². The summed E-state index contributed by atoms with van der Waals surface area (Å²) in [5, 5.41) is 4.90. The van der Waals surface area contributed by atoms with Gasteiger partial charge < -0.3 is 5.32 Å². The predicted molar refractivity (Wildman–Crippen MR) is 74.7 cm³/mol. The lowest BCUT2D eigenvalue weighted by atomic mass is 9.86. The molecule has 1 saturated carbocycles. The molecule has 0 radical (unpaired) electrons. The number of hydrogen-bond donors (Lipinski definition) is 1. The highest BCUT2D eigenvalue weighted by atomic mass is 32.1. The summed E-state index contributed by atoms with van der Waals surface area (Å²) in [6.07, 6.45) is 5.11. The molecule has 2 nitrogen and oxygen atoms in total. The van der Waals surface area contributed by atoms with Crippen molar-refractivity contribution in [1.29, 1.82) is 0 Å². The fourth-order valence-corrected chi connectivity index (χ4v) is 3.21. The van der Waals surface area contributed by atoms with E-state index in [0.29, 0.717) is 5.41 Å². The van der Waals surface area contributed by atoms with Crippen LogP contribution in [0, 0.1) is 19.3 Å². The molecule has 0 saturated heterocycles. The molecule has 96 valence electrons. The van der Waals surface area contributed by atoms with Gasteiger partial charge in [-0.05, 0) is 45.1 Å². The topological polar surface area (TPSA) is 24.9 Å². The van der Waals surface area contributed by atoms with Crippen LogP contribution in [0.4, 0.5) is 0 Å². The van der Waals surface area contributed by atoms with Gasteiger partial charge in [0.2, 0.25) is 0 Å². The third-order valence-electron chi connectivity index (χ3n) is 3.51. The normalized spacial score (nSPS) is 16.5. The Labute approximate surface area is 109 Å². The van der Waals surface area contributed by atoms with Crippen LogP contribution >= 0.6 is 11.3 Å². The summed E-state index contributed by atoms with van der Waals surface area (Å²) >= 11 is 1.86. The Bertz CT molecular complexity index is 358. The van der Waals surface area contributed by atoms with Crippen LogP contribution in [-0.2, 0) is 6.42 Å². The van der Waals surface area contributed by atoms with Gasteiger partial charge in [0.25, 0.3) is 0 Å². The minimum absolute atomic E-state index is 0.360. The Morgan fingerprint density at radius 1 is 1.35 bits per heavy atom. The fraction of sp³-hybridized carbons (Fsp3) is 0.786. The highest BCUT2D eigenvalue weighted by molar-refractivity contribution is 7.11. The number of nitrogens with one attached hydrogen (secondary N) is 1. The van der Waals surface area contributed by atoms with Gasteiger partial charge in [0.15, 0.2) is 0 Å². The Kier molecular flexibility index (Phi) is 3.88. The van der Waals surface area contributed by atoms with E-state index in [9.17, 15) is 0 Å². The van der Waals surface area contributed by atoms with E-state index in [4.69, 9.17) is 0 Å². The van der Waals surface area contributed by atoms with Crippen molar-refractivity contribution < 1.29 is 0 Å². The van der Waals surface area contributed by atoms with E-state index >= 15 is 0 Å². The van der Waals surface area contributed by atoms with Crippen LogP contribution in [0.2, 0.25) is 0 Å². The van der Waals surface area contributed by atoms with E-state index in [1.807, 2.05) is 11.3 Å². The van der Waals surface area contributed by atoms with Crippen molar-refractivity contribution in [3.05, 3.63) is 15.6 Å². The molecule has 1 fully saturated rings. The molecule has 1 aliphatic rings. The Balaban J connectivity index is 1.81. The lowest BCUT2D eigenvalue weighted by Crippen LogP contribution is -2.25. The van der Waals surface area contributed by atoms with Crippen LogP contribution in [0.15, 0.2) is 0 Å². The van der Waals surface area contributed by atoms with E-state index in [-0.39, 0.29) is 0 Å². The molecule has 0 amide bonds. The van der Waals surface area contributed by atoms with Crippen molar-refractivity contribution >= 4 is 11.3 Å². The first-order valence-electron chi connectivity index (χ1n) is 6.62. The third-order valence-corrected chi connectivity index (χ3v) is 4.59. The van der Waals surface area contributed by atoms with Crippen LogP contribution in [0.3, 0.4) is 0 Å². The molecule has 0 unspecified atom stereocenters. The number of hydrogen-bond acceptors (Lipinski definition) is 3. The molecule has 1 aliphatic carbocycles. The van der Waals surface area contributed by atoms with Crippen molar-refractivity contribution in [2.75, 3.05) is 6.54 Å². The molecule has 3 heteroatoms. The highest BCUT2D eigenvalue weighted by Gasteiger charge is 2.24. The van der Waals surface area contributed by atoms with Gasteiger partial charge in [0, 0.05) is 17.3 Å². The van der Waals surface area contributed by atoms with Crippen LogP contribution in [-0.4, -0.2) is 17.6 Å². The van der Waals surface area contributed by atoms with E-state index in [1.165, 1.54) is 34.8 Å². The zero-order valence-electron chi connectivity index (χ0n) is 11.5. The summed E-state index contributed by atoms with van der Waals surface area (Å²) in [4.78, 5) is 6.02. The van der Waals surface area contributed by atoms with E-state index in [2.05, 4.69) is 38.0 Å².